The number of nitrogens with zero attached hydrogens (tertiary/aromatic N) is 1. The molecule has 0 spiro atoms. The first kappa shape index (κ1) is 21.4. The second-order valence-electron chi connectivity index (χ2n) is 4.52. The van der Waals surface area contributed by atoms with Gasteiger partial charge in [0.1, 0.15) is 0 Å². The van der Waals surface area contributed by atoms with Gasteiger partial charge in [-0.15, -0.1) is 0 Å². The summed E-state index contributed by atoms with van der Waals surface area (Å²) in [6, 6.07) is 3.08. The number of hydrogen-bond acceptors (Lipinski definition) is 4. The lowest BCUT2D eigenvalue weighted by Crippen LogP contribution is -2.30. The van der Waals surface area contributed by atoms with Crippen LogP contribution in [0.2, 0.25) is 5.02 Å². The summed E-state index contributed by atoms with van der Waals surface area (Å²) in [5.41, 5.74) is -6.62. The third-order valence-electron chi connectivity index (χ3n) is 2.58. The van der Waals surface area contributed by atoms with Crippen molar-refractivity contribution in [3.05, 3.63) is 28.8 Å². The summed E-state index contributed by atoms with van der Waals surface area (Å²) >= 11 is 5.71. The van der Waals surface area contributed by atoms with Crippen molar-refractivity contribution in [2.45, 2.75) is 25.0 Å². The van der Waals surface area contributed by atoms with Crippen molar-refractivity contribution >= 4 is 33.0 Å². The Kier molecular flexibility index (Phi) is 6.56. The highest BCUT2D eigenvalue weighted by atomic mass is 35.5. The van der Waals surface area contributed by atoms with Gasteiger partial charge in [-0.3, -0.25) is 4.72 Å². The van der Waals surface area contributed by atoms with Crippen molar-refractivity contribution in [1.82, 2.24) is 0 Å². The van der Waals surface area contributed by atoms with Crippen LogP contribution < -0.4 is 4.72 Å². The van der Waals surface area contributed by atoms with Crippen LogP contribution >= 0.6 is 11.6 Å². The van der Waals surface area contributed by atoms with E-state index in [1.165, 1.54) is 11.6 Å². The van der Waals surface area contributed by atoms with E-state index in [9.17, 15) is 34.8 Å². The number of rotatable bonds is 6. The van der Waals surface area contributed by atoms with Gasteiger partial charge in [-0.05, 0) is 24.6 Å². The van der Waals surface area contributed by atoms with Crippen molar-refractivity contribution in [1.29, 1.82) is 0 Å². The molecule has 1 aromatic rings. The minimum atomic E-state index is -5.74. The third kappa shape index (κ3) is 6.27. The van der Waals surface area contributed by atoms with Gasteiger partial charge in [-0.25, -0.2) is 0 Å². The standard InChI is InChI=1S/C12H11ClF6N2O3S/c1-2-9(20-24-6-11(14,15)16)8-5-7(13)3-4-10(8)21-25(22,23)12(17,18)19/h3-5,21H,2,6H2,1H3. The minimum Gasteiger partial charge on any atom is -0.386 e. The van der Waals surface area contributed by atoms with Gasteiger partial charge in [-0.2, -0.15) is 34.8 Å². The summed E-state index contributed by atoms with van der Waals surface area (Å²) in [7, 11) is -5.74. The Morgan fingerprint density at radius 1 is 1.24 bits per heavy atom. The predicted octanol–water partition coefficient (Wildman–Crippen LogP) is 4.29. The number of halogens is 7. The Hall–Kier alpha value is -1.69. The van der Waals surface area contributed by atoms with Gasteiger partial charge in [0, 0.05) is 10.6 Å². The van der Waals surface area contributed by atoms with Crippen molar-refractivity contribution in [2.75, 3.05) is 11.3 Å². The van der Waals surface area contributed by atoms with Crippen LogP contribution in [0.4, 0.5) is 32.0 Å². The first-order valence-corrected chi connectivity index (χ1v) is 8.27. The van der Waals surface area contributed by atoms with E-state index in [0.29, 0.717) is 0 Å². The van der Waals surface area contributed by atoms with Crippen LogP contribution in [0.1, 0.15) is 18.9 Å². The molecule has 1 N–H and O–H groups in total. The van der Waals surface area contributed by atoms with Crippen LogP contribution in [0.15, 0.2) is 23.4 Å². The Bertz CT molecular complexity index is 746. The molecule has 0 fully saturated rings. The average Bonchev–Trinajstić information content (AvgIpc) is 2.43. The first-order valence-electron chi connectivity index (χ1n) is 6.41. The van der Waals surface area contributed by atoms with E-state index in [0.717, 1.165) is 18.2 Å². The van der Waals surface area contributed by atoms with Gasteiger partial charge in [0.2, 0.25) is 6.61 Å². The van der Waals surface area contributed by atoms with Gasteiger partial charge in [0.25, 0.3) is 0 Å². The smallest absolute Gasteiger partial charge is 0.386 e. The summed E-state index contributed by atoms with van der Waals surface area (Å²) in [4.78, 5) is 4.12. The van der Waals surface area contributed by atoms with Crippen molar-refractivity contribution in [2.24, 2.45) is 5.16 Å². The Morgan fingerprint density at radius 3 is 2.32 bits per heavy atom. The fourth-order valence-corrected chi connectivity index (χ4v) is 2.29. The highest BCUT2D eigenvalue weighted by molar-refractivity contribution is 7.93. The number of nitrogens with one attached hydrogen (secondary N) is 1. The zero-order valence-electron chi connectivity index (χ0n) is 12.4. The van der Waals surface area contributed by atoms with E-state index in [2.05, 4.69) is 9.99 Å². The topological polar surface area (TPSA) is 67.8 Å². The third-order valence-corrected chi connectivity index (χ3v) is 3.91. The molecule has 0 aliphatic rings. The van der Waals surface area contributed by atoms with Crippen LogP contribution in [-0.2, 0) is 14.9 Å². The molecule has 0 saturated carbocycles. The van der Waals surface area contributed by atoms with Gasteiger partial charge in [0.05, 0.1) is 11.4 Å². The van der Waals surface area contributed by atoms with E-state index in [1.54, 1.807) is 0 Å². The normalized spacial score (nSPS) is 13.7. The number of anilines is 1. The van der Waals surface area contributed by atoms with E-state index >= 15 is 0 Å². The van der Waals surface area contributed by atoms with Crippen LogP contribution in [0.5, 0.6) is 0 Å². The molecule has 0 radical (unpaired) electrons. The Morgan fingerprint density at radius 2 is 1.84 bits per heavy atom. The zero-order chi connectivity index (χ0) is 19.5. The Labute approximate surface area is 143 Å². The quantitative estimate of drug-likeness (QED) is 0.430. The number of alkyl halides is 6. The largest absolute Gasteiger partial charge is 0.516 e. The molecule has 0 heterocycles. The fourth-order valence-electron chi connectivity index (χ4n) is 1.53. The molecule has 0 aliphatic carbocycles. The van der Waals surface area contributed by atoms with Crippen LogP contribution in [-0.4, -0.2) is 32.4 Å². The molecule has 0 atom stereocenters. The summed E-state index contributed by atoms with van der Waals surface area (Å²) in [6.45, 7) is -0.292. The fraction of sp³-hybridized carbons (Fsp3) is 0.417. The SMILES string of the molecule is CCC(=NOCC(F)(F)F)c1cc(Cl)ccc1NS(=O)(=O)C(F)(F)F. The summed E-state index contributed by atoms with van der Waals surface area (Å²) < 4.78 is 97.5. The molecule has 5 nitrogen and oxygen atoms in total. The molecule has 142 valence electrons. The molecule has 0 aromatic heterocycles. The maximum Gasteiger partial charge on any atom is 0.516 e. The molecular formula is C12H11ClF6N2O3S. The molecular weight excluding hydrogens is 402 g/mol. The molecule has 0 aliphatic heterocycles. The molecule has 25 heavy (non-hydrogen) atoms. The summed E-state index contributed by atoms with van der Waals surface area (Å²) in [5, 5.41) is 3.22. The highest BCUT2D eigenvalue weighted by Crippen LogP contribution is 2.29. The lowest BCUT2D eigenvalue weighted by Gasteiger charge is -2.15. The first-order chi connectivity index (χ1) is 11.3. The number of hydrogen-bond donors (Lipinski definition) is 1. The zero-order valence-corrected chi connectivity index (χ0v) is 13.9. The summed E-state index contributed by atoms with van der Waals surface area (Å²) in [6.07, 6.45) is -4.74. The lowest BCUT2D eigenvalue weighted by atomic mass is 10.1. The van der Waals surface area contributed by atoms with Gasteiger partial charge >= 0.3 is 21.7 Å². The van der Waals surface area contributed by atoms with Crippen LogP contribution in [0.3, 0.4) is 0 Å². The molecule has 1 aromatic carbocycles. The maximum atomic E-state index is 12.5. The number of oxime groups is 1. The number of benzene rings is 1. The van der Waals surface area contributed by atoms with Crippen LogP contribution in [0, 0.1) is 0 Å². The molecule has 1 rings (SSSR count). The summed E-state index contributed by atoms with van der Waals surface area (Å²) in [5.74, 6) is 0. The molecule has 0 bridgehead atoms. The van der Waals surface area contributed by atoms with E-state index in [1.807, 2.05) is 0 Å². The Balaban J connectivity index is 3.25. The van der Waals surface area contributed by atoms with Gasteiger partial charge in [-0.1, -0.05) is 23.7 Å². The van der Waals surface area contributed by atoms with Crippen molar-refractivity contribution < 1.29 is 39.6 Å². The molecule has 0 amide bonds. The van der Waals surface area contributed by atoms with E-state index in [-0.39, 0.29) is 22.7 Å². The molecule has 13 heteroatoms. The second kappa shape index (κ2) is 7.68. The minimum absolute atomic E-state index is 0.00179. The van der Waals surface area contributed by atoms with E-state index in [4.69, 9.17) is 11.6 Å². The monoisotopic (exact) mass is 412 g/mol. The van der Waals surface area contributed by atoms with Gasteiger partial charge < -0.3 is 4.84 Å². The molecule has 0 saturated heterocycles. The van der Waals surface area contributed by atoms with Gasteiger partial charge in [0.15, 0.2) is 0 Å². The highest BCUT2D eigenvalue weighted by Gasteiger charge is 2.46. The lowest BCUT2D eigenvalue weighted by molar-refractivity contribution is -0.173. The van der Waals surface area contributed by atoms with Crippen molar-refractivity contribution in [3.63, 3.8) is 0 Å². The molecule has 0 unspecified atom stereocenters. The predicted molar refractivity (Wildman–Crippen MR) is 78.9 cm³/mol. The second-order valence-corrected chi connectivity index (χ2v) is 6.63. The van der Waals surface area contributed by atoms with E-state index < -0.39 is 34.0 Å². The maximum absolute atomic E-state index is 12.5. The number of sulfonamides is 1. The van der Waals surface area contributed by atoms with Crippen LogP contribution in [0.25, 0.3) is 0 Å². The van der Waals surface area contributed by atoms with Crippen molar-refractivity contribution in [3.8, 4) is 0 Å². The average molecular weight is 413 g/mol.